The third-order valence-corrected chi connectivity index (χ3v) is 4.98. The Morgan fingerprint density at radius 3 is 1.25 bits per heavy atom. The van der Waals surface area contributed by atoms with E-state index in [1.165, 1.54) is 0 Å². The van der Waals surface area contributed by atoms with E-state index >= 15 is 0 Å². The number of hydrogen-bond acceptors (Lipinski definition) is 1. The van der Waals surface area contributed by atoms with Gasteiger partial charge in [0.2, 0.25) is 0 Å². The predicted octanol–water partition coefficient (Wildman–Crippen LogP) is 6.14. The zero-order valence-corrected chi connectivity index (χ0v) is 15.6. The van der Waals surface area contributed by atoms with Crippen LogP contribution in [-0.4, -0.2) is 5.11 Å². The standard InChI is InChI=1S/C27H22O/c28-27(24-12-6-2-7-13-24,25-14-8-3-9-15-25)26-20-18-23(19-21-26)17-16-22-10-4-1-5-11-22/h1-21,28H/b17-16+. The molecule has 0 radical (unpaired) electrons. The summed E-state index contributed by atoms with van der Waals surface area (Å²) in [6.07, 6.45) is 4.18. The largest absolute Gasteiger partial charge is 0.376 e. The maximum Gasteiger partial charge on any atom is 0.140 e. The van der Waals surface area contributed by atoms with Crippen molar-refractivity contribution in [3.63, 3.8) is 0 Å². The Labute approximate surface area is 166 Å². The molecule has 0 bridgehead atoms. The van der Waals surface area contributed by atoms with Crippen LogP contribution in [0, 0.1) is 0 Å². The number of hydrogen-bond donors (Lipinski definition) is 1. The molecule has 0 atom stereocenters. The molecule has 28 heavy (non-hydrogen) atoms. The van der Waals surface area contributed by atoms with E-state index in [9.17, 15) is 5.11 Å². The van der Waals surface area contributed by atoms with Crippen LogP contribution in [0.3, 0.4) is 0 Å². The minimum absolute atomic E-state index is 0.849. The Bertz CT molecular complexity index is 994. The van der Waals surface area contributed by atoms with Gasteiger partial charge in [-0.2, -0.15) is 0 Å². The van der Waals surface area contributed by atoms with Crippen molar-refractivity contribution >= 4 is 12.2 Å². The zero-order chi connectivity index (χ0) is 19.2. The zero-order valence-electron chi connectivity index (χ0n) is 15.6. The Morgan fingerprint density at radius 2 is 0.786 bits per heavy atom. The molecule has 1 nitrogen and oxygen atoms in total. The van der Waals surface area contributed by atoms with E-state index in [-0.39, 0.29) is 0 Å². The van der Waals surface area contributed by atoms with Gasteiger partial charge in [0, 0.05) is 0 Å². The van der Waals surface area contributed by atoms with Gasteiger partial charge in [-0.15, -0.1) is 0 Å². The lowest BCUT2D eigenvalue weighted by Crippen LogP contribution is -2.28. The van der Waals surface area contributed by atoms with Gasteiger partial charge in [0.1, 0.15) is 5.60 Å². The molecule has 0 unspecified atom stereocenters. The molecule has 0 heterocycles. The normalized spacial score (nSPS) is 11.6. The minimum Gasteiger partial charge on any atom is -0.376 e. The van der Waals surface area contributed by atoms with E-state index in [1.54, 1.807) is 0 Å². The fourth-order valence-electron chi connectivity index (χ4n) is 3.45. The molecule has 0 aliphatic rings. The molecule has 0 aliphatic carbocycles. The second-order valence-corrected chi connectivity index (χ2v) is 6.81. The quantitative estimate of drug-likeness (QED) is 0.334. The first-order chi connectivity index (χ1) is 13.8. The van der Waals surface area contributed by atoms with Crippen molar-refractivity contribution in [2.45, 2.75) is 5.60 Å². The van der Waals surface area contributed by atoms with Crippen LogP contribution in [0.5, 0.6) is 0 Å². The van der Waals surface area contributed by atoms with Crippen LogP contribution in [0.4, 0.5) is 0 Å². The van der Waals surface area contributed by atoms with Gasteiger partial charge in [-0.3, -0.25) is 0 Å². The van der Waals surface area contributed by atoms with Crippen molar-refractivity contribution in [2.75, 3.05) is 0 Å². The molecule has 136 valence electrons. The molecule has 4 aromatic rings. The van der Waals surface area contributed by atoms with Crippen LogP contribution in [-0.2, 0) is 5.60 Å². The summed E-state index contributed by atoms with van der Waals surface area (Å²) in [4.78, 5) is 0. The van der Waals surface area contributed by atoms with Gasteiger partial charge in [-0.05, 0) is 27.8 Å². The van der Waals surface area contributed by atoms with E-state index < -0.39 is 5.60 Å². The van der Waals surface area contributed by atoms with Gasteiger partial charge in [0.15, 0.2) is 0 Å². The molecule has 0 saturated carbocycles. The molecule has 0 aliphatic heterocycles. The molecule has 1 heteroatoms. The van der Waals surface area contributed by atoms with Crippen molar-refractivity contribution in [3.05, 3.63) is 143 Å². The molecule has 0 spiro atoms. The first-order valence-electron chi connectivity index (χ1n) is 9.44. The Kier molecular flexibility index (Phi) is 5.18. The van der Waals surface area contributed by atoms with E-state index in [1.807, 2.05) is 103 Å². The van der Waals surface area contributed by atoms with Gasteiger partial charge < -0.3 is 5.11 Å². The summed E-state index contributed by atoms with van der Waals surface area (Å²) in [5.74, 6) is 0. The Hall–Kier alpha value is -3.42. The summed E-state index contributed by atoms with van der Waals surface area (Å²) in [7, 11) is 0. The summed E-state index contributed by atoms with van der Waals surface area (Å²) in [6.45, 7) is 0. The van der Waals surface area contributed by atoms with Crippen LogP contribution in [0.15, 0.2) is 115 Å². The first kappa shape index (κ1) is 18.0. The summed E-state index contributed by atoms with van der Waals surface area (Å²) in [6, 6.07) is 38.0. The van der Waals surface area contributed by atoms with Crippen LogP contribution >= 0.6 is 0 Å². The van der Waals surface area contributed by atoms with Crippen molar-refractivity contribution < 1.29 is 5.11 Å². The topological polar surface area (TPSA) is 20.2 Å². The van der Waals surface area contributed by atoms with Gasteiger partial charge >= 0.3 is 0 Å². The van der Waals surface area contributed by atoms with E-state index in [0.29, 0.717) is 0 Å². The van der Waals surface area contributed by atoms with Gasteiger partial charge in [0.25, 0.3) is 0 Å². The highest BCUT2D eigenvalue weighted by molar-refractivity contribution is 5.69. The average molecular weight is 362 g/mol. The minimum atomic E-state index is -1.19. The van der Waals surface area contributed by atoms with Crippen LogP contribution < -0.4 is 0 Å². The second kappa shape index (κ2) is 8.08. The number of benzene rings is 4. The highest BCUT2D eigenvalue weighted by Gasteiger charge is 2.33. The van der Waals surface area contributed by atoms with Crippen LogP contribution in [0.1, 0.15) is 27.8 Å². The lowest BCUT2D eigenvalue weighted by atomic mass is 9.80. The Morgan fingerprint density at radius 1 is 0.429 bits per heavy atom. The molecule has 0 fully saturated rings. The van der Waals surface area contributed by atoms with Crippen LogP contribution in [0.25, 0.3) is 12.2 Å². The molecular weight excluding hydrogens is 340 g/mol. The molecule has 1 N–H and O–H groups in total. The highest BCUT2D eigenvalue weighted by Crippen LogP contribution is 2.36. The SMILES string of the molecule is OC(c1ccccc1)(c1ccccc1)c1ccc(/C=C/c2ccccc2)cc1. The van der Waals surface area contributed by atoms with Crippen molar-refractivity contribution in [3.8, 4) is 0 Å². The van der Waals surface area contributed by atoms with Crippen LogP contribution in [0.2, 0.25) is 0 Å². The summed E-state index contributed by atoms with van der Waals surface area (Å²) in [5.41, 5.74) is 3.63. The third-order valence-electron chi connectivity index (χ3n) is 4.98. The predicted molar refractivity (Wildman–Crippen MR) is 117 cm³/mol. The maximum absolute atomic E-state index is 11.8. The summed E-state index contributed by atoms with van der Waals surface area (Å²) in [5, 5.41) is 11.8. The van der Waals surface area contributed by atoms with E-state index in [4.69, 9.17) is 0 Å². The number of aliphatic hydroxyl groups is 1. The smallest absolute Gasteiger partial charge is 0.140 e. The van der Waals surface area contributed by atoms with Crippen molar-refractivity contribution in [2.24, 2.45) is 0 Å². The average Bonchev–Trinajstić information content (AvgIpc) is 2.79. The highest BCUT2D eigenvalue weighted by atomic mass is 16.3. The fraction of sp³-hybridized carbons (Fsp3) is 0.0370. The summed E-state index contributed by atoms with van der Waals surface area (Å²) >= 11 is 0. The van der Waals surface area contributed by atoms with E-state index in [0.717, 1.165) is 27.8 Å². The second-order valence-electron chi connectivity index (χ2n) is 6.81. The first-order valence-corrected chi connectivity index (χ1v) is 9.44. The Balaban J connectivity index is 1.71. The number of rotatable bonds is 5. The third kappa shape index (κ3) is 3.66. The van der Waals surface area contributed by atoms with Gasteiger partial charge in [0.05, 0.1) is 0 Å². The van der Waals surface area contributed by atoms with Gasteiger partial charge in [-0.25, -0.2) is 0 Å². The monoisotopic (exact) mass is 362 g/mol. The van der Waals surface area contributed by atoms with Crippen molar-refractivity contribution in [1.29, 1.82) is 0 Å². The summed E-state index contributed by atoms with van der Waals surface area (Å²) < 4.78 is 0. The molecular formula is C27H22O. The molecule has 0 saturated heterocycles. The molecule has 4 aromatic carbocycles. The molecule has 4 rings (SSSR count). The molecule has 0 aromatic heterocycles. The maximum atomic E-state index is 11.8. The fourth-order valence-corrected chi connectivity index (χ4v) is 3.45. The lowest BCUT2D eigenvalue weighted by Gasteiger charge is -2.30. The lowest BCUT2D eigenvalue weighted by molar-refractivity contribution is 0.125. The van der Waals surface area contributed by atoms with Crippen molar-refractivity contribution in [1.82, 2.24) is 0 Å². The molecule has 0 amide bonds. The van der Waals surface area contributed by atoms with Gasteiger partial charge in [-0.1, -0.05) is 127 Å². The van der Waals surface area contributed by atoms with E-state index in [2.05, 4.69) is 24.3 Å².